The van der Waals surface area contributed by atoms with Crippen molar-refractivity contribution in [1.29, 1.82) is 0 Å². The highest BCUT2D eigenvalue weighted by Gasteiger charge is 2.16. The number of pyridine rings is 1. The van der Waals surface area contributed by atoms with Gasteiger partial charge in [-0.15, -0.1) is 0 Å². The van der Waals surface area contributed by atoms with Gasteiger partial charge in [0, 0.05) is 42.0 Å². The van der Waals surface area contributed by atoms with Gasteiger partial charge in [0.25, 0.3) is 5.91 Å². The van der Waals surface area contributed by atoms with Crippen LogP contribution in [-0.4, -0.2) is 53.0 Å². The van der Waals surface area contributed by atoms with E-state index in [4.69, 9.17) is 0 Å². The lowest BCUT2D eigenvalue weighted by atomic mass is 10.2. The van der Waals surface area contributed by atoms with E-state index in [1.54, 1.807) is 43.2 Å². The summed E-state index contributed by atoms with van der Waals surface area (Å²) in [5.41, 5.74) is 2.35. The summed E-state index contributed by atoms with van der Waals surface area (Å²) in [6.07, 6.45) is 3.46. The Balaban J connectivity index is 1.74. The van der Waals surface area contributed by atoms with Gasteiger partial charge >= 0.3 is 0 Å². The number of fused-ring (bicyclic) bond motifs is 2. The lowest BCUT2D eigenvalue weighted by molar-refractivity contribution is -0.128. The third kappa shape index (κ3) is 3.51. The second-order valence-corrected chi connectivity index (χ2v) is 7.17. The summed E-state index contributed by atoms with van der Waals surface area (Å²) in [6, 6.07) is 16.7. The SMILES string of the molecule is CNCC(=O)N(C)CC(=O)n1ccc2ccc(-n3ccc(=O)c4ccccc43)cc21. The summed E-state index contributed by atoms with van der Waals surface area (Å²) in [7, 11) is 3.30. The van der Waals surface area contributed by atoms with E-state index in [0.717, 1.165) is 22.1 Å². The Hall–Kier alpha value is -3.71. The maximum Gasteiger partial charge on any atom is 0.250 e. The van der Waals surface area contributed by atoms with Gasteiger partial charge in [0.15, 0.2) is 5.43 Å². The predicted octanol–water partition coefficient (Wildman–Crippen LogP) is 2.26. The number of hydrogen-bond donors (Lipinski definition) is 1. The van der Waals surface area contributed by atoms with Crippen LogP contribution in [0.3, 0.4) is 0 Å². The lowest BCUT2D eigenvalue weighted by Crippen LogP contribution is -2.38. The molecular formula is C23H22N4O3. The summed E-state index contributed by atoms with van der Waals surface area (Å²) in [4.78, 5) is 38.4. The molecule has 2 aromatic heterocycles. The molecule has 152 valence electrons. The van der Waals surface area contributed by atoms with Crippen LogP contribution in [0.2, 0.25) is 0 Å². The third-order valence-electron chi connectivity index (χ3n) is 5.15. The first-order valence-corrected chi connectivity index (χ1v) is 9.63. The van der Waals surface area contributed by atoms with Gasteiger partial charge in [-0.3, -0.25) is 19.0 Å². The largest absolute Gasteiger partial charge is 0.335 e. The number of aromatic nitrogens is 2. The number of rotatable bonds is 5. The van der Waals surface area contributed by atoms with Gasteiger partial charge in [0.1, 0.15) is 6.54 Å². The Morgan fingerprint density at radius 1 is 1.00 bits per heavy atom. The fourth-order valence-electron chi connectivity index (χ4n) is 3.57. The number of nitrogens with zero attached hydrogens (tertiary/aromatic N) is 3. The molecule has 7 heteroatoms. The van der Waals surface area contributed by atoms with E-state index >= 15 is 0 Å². The van der Waals surface area contributed by atoms with Crippen molar-refractivity contribution in [2.45, 2.75) is 0 Å². The van der Waals surface area contributed by atoms with Gasteiger partial charge in [-0.05, 0) is 37.4 Å². The van der Waals surface area contributed by atoms with Crippen molar-refractivity contribution in [3.63, 3.8) is 0 Å². The molecule has 0 spiro atoms. The van der Waals surface area contributed by atoms with Crippen LogP contribution in [0, 0.1) is 0 Å². The van der Waals surface area contributed by atoms with Gasteiger partial charge in [0.05, 0.1) is 17.6 Å². The van der Waals surface area contributed by atoms with Crippen LogP contribution in [0.4, 0.5) is 0 Å². The highest BCUT2D eigenvalue weighted by Crippen LogP contribution is 2.22. The predicted molar refractivity (Wildman–Crippen MR) is 117 cm³/mol. The number of hydrogen-bond acceptors (Lipinski definition) is 4. The Kier molecular flexibility index (Phi) is 5.20. The van der Waals surface area contributed by atoms with Gasteiger partial charge < -0.3 is 14.8 Å². The second kappa shape index (κ2) is 7.96. The minimum atomic E-state index is -0.195. The highest BCUT2D eigenvalue weighted by atomic mass is 16.2. The van der Waals surface area contributed by atoms with E-state index in [1.165, 1.54) is 4.90 Å². The van der Waals surface area contributed by atoms with Crippen molar-refractivity contribution in [3.05, 3.63) is 77.2 Å². The van der Waals surface area contributed by atoms with E-state index in [9.17, 15) is 14.4 Å². The molecular weight excluding hydrogens is 380 g/mol. The van der Waals surface area contributed by atoms with Crippen LogP contribution in [0.25, 0.3) is 27.5 Å². The third-order valence-corrected chi connectivity index (χ3v) is 5.15. The molecule has 0 aliphatic carbocycles. The number of carbonyl (C=O) groups excluding carboxylic acids is 2. The summed E-state index contributed by atoms with van der Waals surface area (Å²) in [5, 5.41) is 4.35. The fourth-order valence-corrected chi connectivity index (χ4v) is 3.57. The summed E-state index contributed by atoms with van der Waals surface area (Å²) in [6.45, 7) is 0.162. The molecule has 1 amide bonds. The molecule has 1 N–H and O–H groups in total. The Morgan fingerprint density at radius 2 is 1.80 bits per heavy atom. The second-order valence-electron chi connectivity index (χ2n) is 7.17. The molecule has 2 aromatic carbocycles. The quantitative estimate of drug-likeness (QED) is 0.556. The smallest absolute Gasteiger partial charge is 0.250 e. The van der Waals surface area contributed by atoms with Crippen molar-refractivity contribution < 1.29 is 9.59 Å². The minimum absolute atomic E-state index is 0.0184. The van der Waals surface area contributed by atoms with E-state index in [-0.39, 0.29) is 30.3 Å². The number of benzene rings is 2. The van der Waals surface area contributed by atoms with Crippen molar-refractivity contribution >= 4 is 33.6 Å². The summed E-state index contributed by atoms with van der Waals surface area (Å²) < 4.78 is 3.49. The molecule has 4 aromatic rings. The number of carbonyl (C=O) groups is 2. The van der Waals surface area contributed by atoms with Crippen LogP contribution >= 0.6 is 0 Å². The Bertz CT molecular complexity index is 1320. The zero-order chi connectivity index (χ0) is 21.3. The van der Waals surface area contributed by atoms with Gasteiger partial charge in [0.2, 0.25) is 5.91 Å². The summed E-state index contributed by atoms with van der Waals surface area (Å²) >= 11 is 0. The Labute approximate surface area is 173 Å². The van der Waals surface area contributed by atoms with Crippen molar-refractivity contribution in [2.24, 2.45) is 0 Å². The normalized spacial score (nSPS) is 11.1. The van der Waals surface area contributed by atoms with E-state index in [0.29, 0.717) is 5.39 Å². The molecule has 0 radical (unpaired) electrons. The first-order chi connectivity index (χ1) is 14.5. The van der Waals surface area contributed by atoms with E-state index in [2.05, 4.69) is 5.32 Å². The standard InChI is InChI=1S/C23H22N4O3/c1-24-14-22(29)25(2)15-23(30)27-11-9-16-7-8-17(13-20(16)27)26-12-10-21(28)18-5-3-4-6-19(18)26/h3-13,24H,14-15H2,1-2H3. The molecule has 7 nitrogen and oxygen atoms in total. The van der Waals surface area contributed by atoms with Crippen molar-refractivity contribution in [1.82, 2.24) is 19.4 Å². The number of para-hydroxylation sites is 1. The average molecular weight is 402 g/mol. The van der Waals surface area contributed by atoms with Crippen LogP contribution in [0.15, 0.2) is 71.8 Å². The fraction of sp³-hybridized carbons (Fsp3) is 0.174. The zero-order valence-electron chi connectivity index (χ0n) is 16.8. The van der Waals surface area contributed by atoms with Crippen molar-refractivity contribution in [3.8, 4) is 5.69 Å². The molecule has 0 aliphatic rings. The van der Waals surface area contributed by atoms with Gasteiger partial charge in [-0.2, -0.15) is 0 Å². The number of amides is 1. The van der Waals surface area contributed by atoms with Gasteiger partial charge in [-0.25, -0.2) is 0 Å². The molecule has 0 saturated carbocycles. The average Bonchev–Trinajstić information content (AvgIpc) is 3.17. The van der Waals surface area contributed by atoms with Crippen LogP contribution in [-0.2, 0) is 4.79 Å². The lowest BCUT2D eigenvalue weighted by Gasteiger charge is -2.17. The molecule has 0 bridgehead atoms. The molecule has 4 rings (SSSR count). The molecule has 0 atom stereocenters. The molecule has 0 saturated heterocycles. The molecule has 0 aliphatic heterocycles. The molecule has 30 heavy (non-hydrogen) atoms. The van der Waals surface area contributed by atoms with E-state index < -0.39 is 0 Å². The molecule has 0 unspecified atom stereocenters. The monoisotopic (exact) mass is 402 g/mol. The number of nitrogens with one attached hydrogen (secondary N) is 1. The number of likely N-dealkylation sites (N-methyl/N-ethyl adjacent to an activating group) is 2. The van der Waals surface area contributed by atoms with E-state index in [1.807, 2.05) is 47.0 Å². The van der Waals surface area contributed by atoms with Crippen molar-refractivity contribution in [2.75, 3.05) is 27.2 Å². The first kappa shape index (κ1) is 19.6. The summed E-state index contributed by atoms with van der Waals surface area (Å²) in [5.74, 6) is -0.346. The first-order valence-electron chi connectivity index (χ1n) is 9.63. The zero-order valence-corrected chi connectivity index (χ0v) is 16.8. The topological polar surface area (TPSA) is 76.3 Å². The molecule has 0 fully saturated rings. The maximum atomic E-state index is 12.8. The van der Waals surface area contributed by atoms with Crippen LogP contribution in [0.5, 0.6) is 0 Å². The van der Waals surface area contributed by atoms with Crippen LogP contribution in [0.1, 0.15) is 4.79 Å². The highest BCUT2D eigenvalue weighted by molar-refractivity contribution is 5.96. The minimum Gasteiger partial charge on any atom is -0.335 e. The molecule has 2 heterocycles. The van der Waals surface area contributed by atoms with Crippen LogP contribution < -0.4 is 10.7 Å². The Morgan fingerprint density at radius 3 is 2.60 bits per heavy atom. The maximum absolute atomic E-state index is 12.8. The van der Waals surface area contributed by atoms with Gasteiger partial charge in [-0.1, -0.05) is 18.2 Å².